The summed E-state index contributed by atoms with van der Waals surface area (Å²) in [6.45, 7) is 14.2. The van der Waals surface area contributed by atoms with E-state index in [0.29, 0.717) is 17.0 Å². The Morgan fingerprint density at radius 2 is 1.68 bits per heavy atom. The van der Waals surface area contributed by atoms with E-state index < -0.39 is 27.4 Å². The van der Waals surface area contributed by atoms with Crippen LogP contribution >= 0.6 is 11.3 Å². The maximum atomic E-state index is 13.5. The highest BCUT2D eigenvalue weighted by atomic mass is 32.2. The van der Waals surface area contributed by atoms with Crippen molar-refractivity contribution < 1.29 is 22.7 Å². The van der Waals surface area contributed by atoms with Gasteiger partial charge in [0, 0.05) is 34.1 Å². The second-order valence-electron chi connectivity index (χ2n) is 11.8. The van der Waals surface area contributed by atoms with Crippen LogP contribution in [0.4, 0.5) is 5.00 Å². The minimum atomic E-state index is -3.81. The lowest BCUT2D eigenvalue weighted by Crippen LogP contribution is -2.55. The lowest BCUT2D eigenvalue weighted by Gasteiger charge is -2.42. The molecule has 0 unspecified atom stereocenters. The van der Waals surface area contributed by atoms with E-state index in [1.165, 1.54) is 39.9 Å². The van der Waals surface area contributed by atoms with Gasteiger partial charge in [0.15, 0.2) is 0 Å². The van der Waals surface area contributed by atoms with E-state index in [1.54, 1.807) is 6.92 Å². The van der Waals surface area contributed by atoms with Crippen molar-refractivity contribution >= 4 is 38.2 Å². The van der Waals surface area contributed by atoms with Gasteiger partial charge in [0.1, 0.15) is 5.00 Å². The number of carbonyl (C=O) groups is 2. The fraction of sp³-hybridized carbons (Fsp3) is 0.419. The molecule has 1 aliphatic rings. The van der Waals surface area contributed by atoms with Gasteiger partial charge >= 0.3 is 5.97 Å². The van der Waals surface area contributed by atoms with Crippen molar-refractivity contribution in [3.05, 3.63) is 81.7 Å². The number of thiophene rings is 1. The number of hydrogen-bond acceptors (Lipinski definition) is 7. The highest BCUT2D eigenvalue weighted by molar-refractivity contribution is 7.89. The molecule has 0 saturated carbocycles. The predicted octanol–water partition coefficient (Wildman–Crippen LogP) is 5.94. The number of hydrogen-bond donors (Lipinski definition) is 2. The second-order valence-corrected chi connectivity index (χ2v) is 14.7. The largest absolute Gasteiger partial charge is 0.462 e. The van der Waals surface area contributed by atoms with Gasteiger partial charge in [-0.1, -0.05) is 30.3 Å². The Morgan fingerprint density at radius 1 is 1.05 bits per heavy atom. The van der Waals surface area contributed by atoms with Crippen molar-refractivity contribution in [2.45, 2.75) is 83.4 Å². The Morgan fingerprint density at radius 3 is 2.27 bits per heavy atom. The summed E-state index contributed by atoms with van der Waals surface area (Å²) in [5.74, 6) is -0.907. The zero-order chi connectivity index (χ0) is 30.2. The van der Waals surface area contributed by atoms with Crippen LogP contribution in [0, 0.1) is 0 Å². The molecule has 41 heavy (non-hydrogen) atoms. The number of rotatable bonds is 9. The van der Waals surface area contributed by atoms with Gasteiger partial charge in [0.25, 0.3) is 5.91 Å². The second kappa shape index (κ2) is 11.7. The van der Waals surface area contributed by atoms with Gasteiger partial charge in [-0.3, -0.25) is 4.79 Å². The van der Waals surface area contributed by atoms with Crippen molar-refractivity contribution in [1.29, 1.82) is 0 Å². The third kappa shape index (κ3) is 6.56. The monoisotopic (exact) mass is 597 g/mol. The van der Waals surface area contributed by atoms with Gasteiger partial charge in [-0.05, 0) is 90.3 Å². The third-order valence-electron chi connectivity index (χ3n) is 7.03. The molecule has 0 aliphatic carbocycles. The molecule has 0 saturated heterocycles. The molecule has 8 nitrogen and oxygen atoms in total. The van der Waals surface area contributed by atoms with E-state index in [-0.39, 0.29) is 35.2 Å². The lowest BCUT2D eigenvalue weighted by atomic mass is 9.81. The maximum absolute atomic E-state index is 13.5. The Kier molecular flexibility index (Phi) is 8.80. The number of sulfonamides is 1. The first-order valence-corrected chi connectivity index (χ1v) is 16.0. The predicted molar refractivity (Wildman–Crippen MR) is 163 cm³/mol. The number of fused-ring (bicyclic) bond motifs is 1. The van der Waals surface area contributed by atoms with Crippen LogP contribution in [0.5, 0.6) is 0 Å². The van der Waals surface area contributed by atoms with Crippen molar-refractivity contribution in [2.75, 3.05) is 11.9 Å². The van der Waals surface area contributed by atoms with Gasteiger partial charge < -0.3 is 15.4 Å². The molecule has 3 aromatic rings. The van der Waals surface area contributed by atoms with Gasteiger partial charge in [-0.15, -0.1) is 11.3 Å². The summed E-state index contributed by atoms with van der Waals surface area (Å²) < 4.78 is 33.9. The molecule has 1 amide bonds. The Hall–Kier alpha value is -3.05. The highest BCUT2D eigenvalue weighted by Crippen LogP contribution is 2.45. The molecule has 220 valence electrons. The summed E-state index contributed by atoms with van der Waals surface area (Å²) in [5, 5.41) is 6.96. The Labute approximate surface area is 247 Å². The first-order chi connectivity index (χ1) is 19.2. The van der Waals surface area contributed by atoms with Crippen molar-refractivity contribution in [1.82, 2.24) is 9.62 Å². The Balaban J connectivity index is 1.62. The number of amides is 1. The third-order valence-corrected chi connectivity index (χ3v) is 10.5. The number of nitrogens with one attached hydrogen (secondary N) is 2. The molecule has 2 N–H and O–H groups in total. The van der Waals surface area contributed by atoms with Crippen molar-refractivity contribution in [3.63, 3.8) is 0 Å². The molecule has 0 spiro atoms. The van der Waals surface area contributed by atoms with E-state index >= 15 is 0 Å². The quantitative estimate of drug-likeness (QED) is 0.296. The number of carbonyl (C=O) groups excluding carboxylic acids is 2. The molecule has 4 rings (SSSR count). The van der Waals surface area contributed by atoms with Crippen molar-refractivity contribution in [3.8, 4) is 0 Å². The van der Waals surface area contributed by atoms with Gasteiger partial charge in [-0.2, -0.15) is 4.31 Å². The van der Waals surface area contributed by atoms with Gasteiger partial charge in [-0.25, -0.2) is 13.2 Å². The molecule has 1 aromatic heterocycles. The minimum Gasteiger partial charge on any atom is -0.462 e. The molecule has 0 atom stereocenters. The SMILES string of the molecule is CCOC(=O)c1c(NC(=O)c2ccc(S(=O)(=O)N(Cc3ccccc3)C(C)C)cc2)sc2c1CC(C)(C)NC2(C)C. The van der Waals surface area contributed by atoms with Crippen molar-refractivity contribution in [2.24, 2.45) is 0 Å². The summed E-state index contributed by atoms with van der Waals surface area (Å²) >= 11 is 1.36. The molecule has 1 aliphatic heterocycles. The Bertz CT molecular complexity index is 1530. The van der Waals surface area contributed by atoms with Crippen LogP contribution in [0.25, 0.3) is 0 Å². The number of benzene rings is 2. The molecular weight excluding hydrogens is 558 g/mol. The number of ether oxygens (including phenoxy) is 1. The summed E-state index contributed by atoms with van der Waals surface area (Å²) in [6.07, 6.45) is 0.605. The fourth-order valence-electron chi connectivity index (χ4n) is 5.43. The van der Waals surface area contributed by atoms with Crippen LogP contribution < -0.4 is 10.6 Å². The molecule has 10 heteroatoms. The van der Waals surface area contributed by atoms with E-state index in [9.17, 15) is 18.0 Å². The molecule has 2 heterocycles. The first-order valence-electron chi connectivity index (χ1n) is 13.8. The van der Waals surface area contributed by atoms with Crippen LogP contribution in [0.1, 0.15) is 85.2 Å². The average Bonchev–Trinajstić information content (AvgIpc) is 3.25. The smallest absolute Gasteiger partial charge is 0.341 e. The van der Waals surface area contributed by atoms with Crippen LogP contribution in [0.2, 0.25) is 0 Å². The zero-order valence-corrected chi connectivity index (χ0v) is 26.3. The topological polar surface area (TPSA) is 105 Å². The van der Waals surface area contributed by atoms with Crippen LogP contribution in [0.15, 0.2) is 59.5 Å². The average molecular weight is 598 g/mol. The highest BCUT2D eigenvalue weighted by Gasteiger charge is 2.42. The number of anilines is 1. The molecule has 2 aromatic carbocycles. The number of nitrogens with zero attached hydrogens (tertiary/aromatic N) is 1. The fourth-order valence-corrected chi connectivity index (χ4v) is 8.32. The molecule has 0 bridgehead atoms. The van der Waals surface area contributed by atoms with E-state index in [2.05, 4.69) is 38.3 Å². The zero-order valence-electron chi connectivity index (χ0n) is 24.7. The van der Waals surface area contributed by atoms with E-state index in [1.807, 2.05) is 44.2 Å². The van der Waals surface area contributed by atoms with Crippen LogP contribution in [0.3, 0.4) is 0 Å². The first kappa shape index (κ1) is 30.9. The van der Waals surface area contributed by atoms with Gasteiger partial charge in [0.2, 0.25) is 10.0 Å². The minimum absolute atomic E-state index is 0.104. The van der Waals surface area contributed by atoms with E-state index in [4.69, 9.17) is 4.74 Å². The van der Waals surface area contributed by atoms with Crippen LogP contribution in [-0.4, -0.2) is 42.8 Å². The standard InChI is InChI=1S/C31H39N3O5S2/c1-8-39-29(36)25-24-18-30(4,5)33-31(6,7)26(24)40-28(25)32-27(35)22-14-16-23(17-15-22)41(37,38)34(20(2)3)19-21-12-10-9-11-13-21/h9-17,20,33H,8,18-19H2,1-7H3,(H,32,35). The summed E-state index contributed by atoms with van der Waals surface area (Å²) in [5.41, 5.74) is 1.76. The summed E-state index contributed by atoms with van der Waals surface area (Å²) in [4.78, 5) is 27.5. The number of esters is 1. The maximum Gasteiger partial charge on any atom is 0.341 e. The van der Waals surface area contributed by atoms with Gasteiger partial charge in [0.05, 0.1) is 17.1 Å². The van der Waals surface area contributed by atoms with Crippen LogP contribution in [-0.2, 0) is 33.3 Å². The molecule has 0 radical (unpaired) electrons. The summed E-state index contributed by atoms with van der Waals surface area (Å²) in [6, 6.07) is 15.1. The molecule has 0 fully saturated rings. The lowest BCUT2D eigenvalue weighted by molar-refractivity contribution is 0.0525. The normalized spacial score (nSPS) is 15.9. The summed E-state index contributed by atoms with van der Waals surface area (Å²) in [7, 11) is -3.81. The molecular formula is C31H39N3O5S2. The van der Waals surface area contributed by atoms with E-state index in [0.717, 1.165) is 16.0 Å².